The molecule has 0 bridgehead atoms. The van der Waals surface area contributed by atoms with E-state index >= 15 is 0 Å². The van der Waals surface area contributed by atoms with Crippen LogP contribution in [0.2, 0.25) is 0 Å². The van der Waals surface area contributed by atoms with E-state index < -0.39 is 42.2 Å². The van der Waals surface area contributed by atoms with Gasteiger partial charge in [-0.05, 0) is 20.8 Å². The smallest absolute Gasteiger partial charge is 0.408 e. The Balaban J connectivity index is 2.85. The van der Waals surface area contributed by atoms with Gasteiger partial charge in [-0.1, -0.05) is 0 Å². The number of nitrogens with two attached hydrogens (primary N) is 1. The van der Waals surface area contributed by atoms with Crippen molar-refractivity contribution in [3.8, 4) is 5.75 Å². The number of amides is 1. The summed E-state index contributed by atoms with van der Waals surface area (Å²) < 4.78 is 10.2. The van der Waals surface area contributed by atoms with Crippen LogP contribution in [0.4, 0.5) is 10.5 Å². The van der Waals surface area contributed by atoms with Crippen LogP contribution in [0.15, 0.2) is 18.5 Å². The van der Waals surface area contributed by atoms with E-state index in [0.29, 0.717) is 0 Å². The summed E-state index contributed by atoms with van der Waals surface area (Å²) in [6.45, 7) is 4.83. The van der Waals surface area contributed by atoms with Crippen molar-refractivity contribution in [2.24, 2.45) is 0 Å². The second-order valence-corrected chi connectivity index (χ2v) is 6.13. The lowest BCUT2D eigenvalue weighted by Gasteiger charge is -2.23. The molecule has 25 heavy (non-hydrogen) atoms. The van der Waals surface area contributed by atoms with Crippen molar-refractivity contribution in [2.75, 3.05) is 5.73 Å². The van der Waals surface area contributed by atoms with E-state index in [1.54, 1.807) is 20.8 Å². The van der Waals surface area contributed by atoms with Crippen LogP contribution >= 0.6 is 0 Å². The van der Waals surface area contributed by atoms with Gasteiger partial charge in [0, 0.05) is 18.7 Å². The van der Waals surface area contributed by atoms with Crippen LogP contribution in [0, 0.1) is 0 Å². The van der Waals surface area contributed by atoms with Crippen LogP contribution < -0.4 is 15.8 Å². The molecule has 0 aliphatic heterocycles. The largest absolute Gasteiger partial charge is 0.480 e. The molecule has 0 radical (unpaired) electrons. The third-order valence-corrected chi connectivity index (χ3v) is 2.79. The molecule has 0 saturated heterocycles. The number of hydrogen-bond acceptors (Lipinski definition) is 7. The summed E-state index contributed by atoms with van der Waals surface area (Å²) in [5.74, 6) is -2.79. The summed E-state index contributed by atoms with van der Waals surface area (Å²) in [6, 6.07) is -0.179. The maximum atomic E-state index is 11.7. The number of nitrogens with zero attached hydrogens (tertiary/aromatic N) is 1. The highest BCUT2D eigenvalue weighted by molar-refractivity contribution is 5.81. The number of carboxylic acid groups (broad SMARTS) is 2. The molecule has 1 aromatic rings. The first-order valence-electron chi connectivity index (χ1n) is 7.31. The summed E-state index contributed by atoms with van der Waals surface area (Å²) in [5, 5.41) is 20.6. The van der Waals surface area contributed by atoms with Crippen molar-refractivity contribution in [1.29, 1.82) is 0 Å². The van der Waals surface area contributed by atoms with Gasteiger partial charge in [0.05, 0.1) is 11.9 Å². The Morgan fingerprint density at radius 3 is 2.40 bits per heavy atom. The molecule has 5 N–H and O–H groups in total. The molecule has 0 aliphatic carbocycles. The minimum atomic E-state index is -1.55. The number of anilines is 1. The summed E-state index contributed by atoms with van der Waals surface area (Å²) in [7, 11) is 0. The number of carboxylic acids is 2. The molecule has 0 aromatic carbocycles. The standard InChI is InChI=1S/C15H21N3O7/c1-15(2,3)25-14(23)18-9(12(19)20)6-11(13(21)22)24-10-4-5-17-7-8(10)16/h4-5,7,9,11H,6,16H2,1-3H3,(H,18,23)(H,19,20)(H,21,22)/t9-,11+/m0/s1. The van der Waals surface area contributed by atoms with Gasteiger partial charge in [0.1, 0.15) is 17.4 Å². The van der Waals surface area contributed by atoms with Gasteiger partial charge < -0.3 is 30.7 Å². The van der Waals surface area contributed by atoms with Crippen molar-refractivity contribution in [3.05, 3.63) is 18.5 Å². The molecule has 0 unspecified atom stereocenters. The molecular weight excluding hydrogens is 334 g/mol. The predicted molar refractivity (Wildman–Crippen MR) is 86.1 cm³/mol. The van der Waals surface area contributed by atoms with Gasteiger partial charge in [-0.3, -0.25) is 4.98 Å². The molecule has 10 heteroatoms. The highest BCUT2D eigenvalue weighted by Crippen LogP contribution is 2.21. The Labute approximate surface area is 143 Å². The van der Waals surface area contributed by atoms with Crippen molar-refractivity contribution in [3.63, 3.8) is 0 Å². The Hall–Kier alpha value is -3.04. The number of pyridine rings is 1. The summed E-state index contributed by atoms with van der Waals surface area (Å²) >= 11 is 0. The minimum absolute atomic E-state index is 0.0452. The van der Waals surface area contributed by atoms with Crippen LogP contribution in [-0.4, -0.2) is 51.0 Å². The Kier molecular flexibility index (Phi) is 6.54. The third-order valence-electron chi connectivity index (χ3n) is 2.79. The molecular formula is C15H21N3O7. The summed E-state index contributed by atoms with van der Waals surface area (Å²) in [4.78, 5) is 38.2. The fourth-order valence-corrected chi connectivity index (χ4v) is 1.74. The van der Waals surface area contributed by atoms with Gasteiger partial charge in [-0.25, -0.2) is 14.4 Å². The number of nitrogens with one attached hydrogen (secondary N) is 1. The first-order chi connectivity index (χ1) is 11.5. The normalized spacial score (nSPS) is 13.4. The topological polar surface area (TPSA) is 161 Å². The maximum absolute atomic E-state index is 11.7. The van der Waals surface area contributed by atoms with Crippen LogP contribution in [-0.2, 0) is 14.3 Å². The summed E-state index contributed by atoms with van der Waals surface area (Å²) in [5.41, 5.74) is 4.89. The Bertz CT molecular complexity index is 642. The molecule has 1 amide bonds. The number of nitrogen functional groups attached to an aromatic ring is 1. The lowest BCUT2D eigenvalue weighted by Crippen LogP contribution is -2.47. The molecule has 0 fully saturated rings. The number of aromatic nitrogens is 1. The number of rotatable bonds is 7. The molecule has 1 rings (SSSR count). The zero-order chi connectivity index (χ0) is 19.2. The van der Waals surface area contributed by atoms with Gasteiger partial charge >= 0.3 is 18.0 Å². The van der Waals surface area contributed by atoms with Crippen molar-refractivity contribution in [2.45, 2.75) is 44.9 Å². The highest BCUT2D eigenvalue weighted by atomic mass is 16.6. The molecule has 0 aliphatic rings. The fraction of sp³-hybridized carbons (Fsp3) is 0.467. The molecule has 0 spiro atoms. The number of ether oxygens (including phenoxy) is 2. The Morgan fingerprint density at radius 1 is 1.28 bits per heavy atom. The number of carbonyl (C=O) groups excluding carboxylic acids is 1. The predicted octanol–water partition coefficient (Wildman–Crippen LogP) is 0.864. The van der Waals surface area contributed by atoms with E-state index in [4.69, 9.17) is 15.2 Å². The monoisotopic (exact) mass is 355 g/mol. The SMILES string of the molecule is CC(C)(C)OC(=O)N[C@@H](C[C@@H](Oc1ccncc1N)C(=O)O)C(=O)O. The fourth-order valence-electron chi connectivity index (χ4n) is 1.74. The quantitative estimate of drug-likeness (QED) is 0.556. The van der Waals surface area contributed by atoms with Crippen molar-refractivity contribution >= 4 is 23.7 Å². The van der Waals surface area contributed by atoms with Crippen LogP contribution in [0.1, 0.15) is 27.2 Å². The average molecular weight is 355 g/mol. The minimum Gasteiger partial charge on any atom is -0.480 e. The lowest BCUT2D eigenvalue weighted by molar-refractivity contribution is -0.147. The van der Waals surface area contributed by atoms with Crippen molar-refractivity contribution < 1.29 is 34.1 Å². The second kappa shape index (κ2) is 8.18. The lowest BCUT2D eigenvalue weighted by atomic mass is 10.1. The first kappa shape index (κ1) is 20.0. The second-order valence-electron chi connectivity index (χ2n) is 6.13. The van der Waals surface area contributed by atoms with E-state index in [0.717, 1.165) is 0 Å². The number of hydrogen-bond donors (Lipinski definition) is 4. The van der Waals surface area contributed by atoms with Gasteiger partial charge in [-0.15, -0.1) is 0 Å². The van der Waals surface area contributed by atoms with Gasteiger partial charge in [0.15, 0.2) is 6.10 Å². The highest BCUT2D eigenvalue weighted by Gasteiger charge is 2.31. The number of carbonyl (C=O) groups is 3. The average Bonchev–Trinajstić information content (AvgIpc) is 2.45. The number of aliphatic carboxylic acids is 2. The van der Waals surface area contributed by atoms with Crippen LogP contribution in [0.3, 0.4) is 0 Å². The van der Waals surface area contributed by atoms with Gasteiger partial charge in [0.2, 0.25) is 0 Å². The molecule has 10 nitrogen and oxygen atoms in total. The van der Waals surface area contributed by atoms with Crippen LogP contribution in [0.25, 0.3) is 0 Å². The maximum Gasteiger partial charge on any atom is 0.408 e. The molecule has 0 saturated carbocycles. The molecule has 2 atom stereocenters. The van der Waals surface area contributed by atoms with E-state index in [1.165, 1.54) is 18.5 Å². The molecule has 138 valence electrons. The zero-order valence-electron chi connectivity index (χ0n) is 14.1. The van der Waals surface area contributed by atoms with Crippen molar-refractivity contribution in [1.82, 2.24) is 10.3 Å². The Morgan fingerprint density at radius 2 is 1.92 bits per heavy atom. The van der Waals surface area contributed by atoms with E-state index in [1.807, 2.05) is 0 Å². The zero-order valence-corrected chi connectivity index (χ0v) is 14.1. The third kappa shape index (κ3) is 6.94. The van der Waals surface area contributed by atoms with E-state index in [9.17, 15) is 24.6 Å². The first-order valence-corrected chi connectivity index (χ1v) is 7.31. The van der Waals surface area contributed by atoms with E-state index in [2.05, 4.69) is 10.3 Å². The van der Waals surface area contributed by atoms with E-state index in [-0.39, 0.29) is 11.4 Å². The van der Waals surface area contributed by atoms with Crippen LogP contribution in [0.5, 0.6) is 5.75 Å². The molecule has 1 heterocycles. The molecule has 1 aromatic heterocycles. The number of alkyl carbamates (subject to hydrolysis) is 1. The van der Waals surface area contributed by atoms with Gasteiger partial charge in [0.25, 0.3) is 0 Å². The summed E-state index contributed by atoms with van der Waals surface area (Å²) in [6.07, 6.45) is -0.459. The van der Waals surface area contributed by atoms with Gasteiger partial charge in [-0.2, -0.15) is 0 Å².